The smallest absolute Gasteiger partial charge is 0.242 e. The van der Waals surface area contributed by atoms with Crippen molar-refractivity contribution in [3.63, 3.8) is 0 Å². The number of hydrogen-bond donors (Lipinski definition) is 3. The number of carbonyl (C=O) groups is 2. The Morgan fingerprint density at radius 2 is 2.06 bits per heavy atom. The van der Waals surface area contributed by atoms with Crippen LogP contribution in [0.15, 0.2) is 0 Å². The summed E-state index contributed by atoms with van der Waals surface area (Å²) in [5, 5.41) is 5.54. The third-order valence-corrected chi connectivity index (χ3v) is 3.64. The van der Waals surface area contributed by atoms with E-state index in [1.165, 1.54) is 0 Å². The number of nitrogens with one attached hydrogen (secondary N) is 2. The first-order valence-electron chi connectivity index (χ1n) is 6.74. The van der Waals surface area contributed by atoms with Gasteiger partial charge in [0.05, 0.1) is 5.41 Å². The SMILES string of the molecule is CCCNC(=O)C(C)NC(=O)C1(CN)CC(C)C1. The molecule has 0 heterocycles. The van der Waals surface area contributed by atoms with Crippen molar-refractivity contribution >= 4 is 11.8 Å². The fraction of sp³-hybridized carbons (Fsp3) is 0.846. The Morgan fingerprint density at radius 3 is 2.50 bits per heavy atom. The van der Waals surface area contributed by atoms with Crippen molar-refractivity contribution in [2.75, 3.05) is 13.1 Å². The molecule has 0 radical (unpaired) electrons. The molecule has 1 aliphatic carbocycles. The van der Waals surface area contributed by atoms with Gasteiger partial charge in [-0.3, -0.25) is 9.59 Å². The molecule has 1 atom stereocenters. The second-order valence-corrected chi connectivity index (χ2v) is 5.48. The van der Waals surface area contributed by atoms with Gasteiger partial charge in [0, 0.05) is 13.1 Å². The monoisotopic (exact) mass is 255 g/mol. The third-order valence-electron chi connectivity index (χ3n) is 3.64. The van der Waals surface area contributed by atoms with E-state index in [9.17, 15) is 9.59 Å². The van der Waals surface area contributed by atoms with Crippen LogP contribution in [0.1, 0.15) is 40.0 Å². The van der Waals surface area contributed by atoms with E-state index in [0.717, 1.165) is 19.3 Å². The lowest BCUT2D eigenvalue weighted by atomic mass is 9.62. The average Bonchev–Trinajstić information content (AvgIpc) is 2.31. The molecule has 5 nitrogen and oxygen atoms in total. The van der Waals surface area contributed by atoms with E-state index in [0.29, 0.717) is 19.0 Å². The fourth-order valence-corrected chi connectivity index (χ4v) is 2.54. The van der Waals surface area contributed by atoms with Gasteiger partial charge < -0.3 is 16.4 Å². The molecule has 1 aliphatic rings. The van der Waals surface area contributed by atoms with Crippen molar-refractivity contribution in [3.05, 3.63) is 0 Å². The summed E-state index contributed by atoms with van der Waals surface area (Å²) >= 11 is 0. The first-order chi connectivity index (χ1) is 8.45. The molecule has 5 heteroatoms. The standard InChI is InChI=1S/C13H25N3O2/c1-4-5-15-11(17)10(3)16-12(18)13(8-14)6-9(2)7-13/h9-10H,4-8,14H2,1-3H3,(H,15,17)(H,16,18). The van der Waals surface area contributed by atoms with E-state index in [4.69, 9.17) is 5.73 Å². The Balaban J connectivity index is 2.46. The zero-order chi connectivity index (χ0) is 13.8. The number of amides is 2. The quantitative estimate of drug-likeness (QED) is 0.642. The van der Waals surface area contributed by atoms with Gasteiger partial charge in [-0.1, -0.05) is 13.8 Å². The minimum atomic E-state index is -0.497. The molecule has 0 bridgehead atoms. The molecule has 104 valence electrons. The Labute approximate surface area is 109 Å². The lowest BCUT2D eigenvalue weighted by Crippen LogP contribution is -2.57. The van der Waals surface area contributed by atoms with Crippen LogP contribution in [0.3, 0.4) is 0 Å². The molecule has 0 saturated heterocycles. The zero-order valence-corrected chi connectivity index (χ0v) is 11.6. The lowest BCUT2D eigenvalue weighted by molar-refractivity contribution is -0.141. The highest BCUT2D eigenvalue weighted by atomic mass is 16.2. The molecule has 0 aromatic carbocycles. The van der Waals surface area contributed by atoms with Gasteiger partial charge in [-0.15, -0.1) is 0 Å². The lowest BCUT2D eigenvalue weighted by Gasteiger charge is -2.44. The van der Waals surface area contributed by atoms with E-state index >= 15 is 0 Å². The highest BCUT2D eigenvalue weighted by molar-refractivity contribution is 5.90. The second-order valence-electron chi connectivity index (χ2n) is 5.48. The van der Waals surface area contributed by atoms with E-state index in [1.807, 2.05) is 6.92 Å². The Bertz CT molecular complexity index is 311. The first kappa shape index (κ1) is 15.0. The van der Waals surface area contributed by atoms with Crippen molar-refractivity contribution in [1.29, 1.82) is 0 Å². The average molecular weight is 255 g/mol. The van der Waals surface area contributed by atoms with E-state index in [1.54, 1.807) is 6.92 Å². The van der Waals surface area contributed by atoms with Crippen molar-refractivity contribution in [2.24, 2.45) is 17.1 Å². The van der Waals surface area contributed by atoms with Crippen LogP contribution in [0.5, 0.6) is 0 Å². The summed E-state index contributed by atoms with van der Waals surface area (Å²) in [6, 6.07) is -0.497. The van der Waals surface area contributed by atoms with E-state index in [-0.39, 0.29) is 11.8 Å². The molecule has 1 unspecified atom stereocenters. The number of rotatable bonds is 6. The number of carbonyl (C=O) groups excluding carboxylic acids is 2. The van der Waals surface area contributed by atoms with Gasteiger partial charge in [0.15, 0.2) is 0 Å². The summed E-state index contributed by atoms with van der Waals surface area (Å²) in [6.07, 6.45) is 2.52. The third kappa shape index (κ3) is 3.22. The molecule has 0 aromatic heterocycles. The summed E-state index contributed by atoms with van der Waals surface area (Å²) in [7, 11) is 0. The van der Waals surface area contributed by atoms with Crippen LogP contribution in [-0.4, -0.2) is 30.9 Å². The van der Waals surface area contributed by atoms with E-state index in [2.05, 4.69) is 17.6 Å². The van der Waals surface area contributed by atoms with Crippen molar-refractivity contribution < 1.29 is 9.59 Å². The van der Waals surface area contributed by atoms with Gasteiger partial charge in [-0.05, 0) is 32.1 Å². The Morgan fingerprint density at radius 1 is 1.44 bits per heavy atom. The molecule has 18 heavy (non-hydrogen) atoms. The van der Waals surface area contributed by atoms with Crippen LogP contribution in [0, 0.1) is 11.3 Å². The fourth-order valence-electron chi connectivity index (χ4n) is 2.54. The van der Waals surface area contributed by atoms with Gasteiger partial charge in [0.1, 0.15) is 6.04 Å². The highest BCUT2D eigenvalue weighted by Crippen LogP contribution is 2.44. The van der Waals surface area contributed by atoms with E-state index < -0.39 is 11.5 Å². The topological polar surface area (TPSA) is 84.2 Å². The normalized spacial score (nSPS) is 28.1. The Kier molecular flexibility index (Phi) is 5.14. The maximum absolute atomic E-state index is 12.1. The summed E-state index contributed by atoms with van der Waals surface area (Å²) < 4.78 is 0. The molecule has 1 rings (SSSR count). The predicted molar refractivity (Wildman–Crippen MR) is 70.8 cm³/mol. The molecule has 2 amide bonds. The van der Waals surface area contributed by atoms with Crippen LogP contribution >= 0.6 is 0 Å². The first-order valence-corrected chi connectivity index (χ1v) is 6.74. The molecule has 1 saturated carbocycles. The summed E-state index contributed by atoms with van der Waals surface area (Å²) in [5.41, 5.74) is 5.26. The van der Waals surface area contributed by atoms with Gasteiger partial charge >= 0.3 is 0 Å². The summed E-state index contributed by atoms with van der Waals surface area (Å²) in [6.45, 7) is 6.79. The van der Waals surface area contributed by atoms with Gasteiger partial charge in [-0.25, -0.2) is 0 Å². The van der Waals surface area contributed by atoms with Gasteiger partial charge in [-0.2, -0.15) is 0 Å². The molecular formula is C13H25N3O2. The number of nitrogens with two attached hydrogens (primary N) is 1. The molecule has 4 N–H and O–H groups in total. The zero-order valence-electron chi connectivity index (χ0n) is 11.6. The second kappa shape index (κ2) is 6.18. The van der Waals surface area contributed by atoms with Crippen LogP contribution < -0.4 is 16.4 Å². The summed E-state index contributed by atoms with van der Waals surface area (Å²) in [5.74, 6) is 0.329. The molecule has 0 spiro atoms. The Hall–Kier alpha value is -1.10. The largest absolute Gasteiger partial charge is 0.354 e. The van der Waals surface area contributed by atoms with Gasteiger partial charge in [0.25, 0.3) is 0 Å². The minimum Gasteiger partial charge on any atom is -0.354 e. The maximum Gasteiger partial charge on any atom is 0.242 e. The van der Waals surface area contributed by atoms with Crippen molar-refractivity contribution in [2.45, 2.75) is 46.1 Å². The number of hydrogen-bond acceptors (Lipinski definition) is 3. The van der Waals surface area contributed by atoms with Crippen molar-refractivity contribution in [1.82, 2.24) is 10.6 Å². The van der Waals surface area contributed by atoms with Crippen molar-refractivity contribution in [3.8, 4) is 0 Å². The van der Waals surface area contributed by atoms with Gasteiger partial charge in [0.2, 0.25) is 11.8 Å². The van der Waals surface area contributed by atoms with Crippen LogP contribution in [0.4, 0.5) is 0 Å². The van der Waals surface area contributed by atoms with Crippen LogP contribution in [0.2, 0.25) is 0 Å². The molecular weight excluding hydrogens is 230 g/mol. The predicted octanol–water partition coefficient (Wildman–Crippen LogP) is 0.392. The maximum atomic E-state index is 12.1. The van der Waals surface area contributed by atoms with Crippen LogP contribution in [0.25, 0.3) is 0 Å². The summed E-state index contributed by atoms with van der Waals surface area (Å²) in [4.78, 5) is 23.8. The highest BCUT2D eigenvalue weighted by Gasteiger charge is 2.47. The molecule has 0 aromatic rings. The minimum absolute atomic E-state index is 0.0813. The molecule has 0 aliphatic heterocycles. The molecule has 1 fully saturated rings. The van der Waals surface area contributed by atoms with Crippen LogP contribution in [-0.2, 0) is 9.59 Å².